The topological polar surface area (TPSA) is 125 Å². The molecule has 4 rings (SSSR count). The minimum atomic E-state index is -1.10. The third kappa shape index (κ3) is 4.15. The number of rotatable bonds is 4. The molecule has 1 saturated heterocycles. The molecule has 0 aliphatic carbocycles. The van der Waals surface area contributed by atoms with Gasteiger partial charge in [-0.3, -0.25) is 10.1 Å². The monoisotopic (exact) mass is 477 g/mol. The van der Waals surface area contributed by atoms with Gasteiger partial charge in [0.2, 0.25) is 0 Å². The lowest BCUT2D eigenvalue weighted by Gasteiger charge is -2.40. The SMILES string of the molecule is O=C(NCc1ccc2c(c1)C(O)N(C1CCC(O)NC1O)C2O)c1ccc(Br)cc1. The van der Waals surface area contributed by atoms with Gasteiger partial charge in [0.25, 0.3) is 5.91 Å². The Hall–Kier alpha value is -1.85. The molecule has 8 nitrogen and oxygen atoms in total. The number of hydrogen-bond acceptors (Lipinski definition) is 7. The Morgan fingerprint density at radius 2 is 1.73 bits per heavy atom. The minimum Gasteiger partial charge on any atom is -0.379 e. The summed E-state index contributed by atoms with van der Waals surface area (Å²) in [7, 11) is 0. The van der Waals surface area contributed by atoms with E-state index < -0.39 is 31.0 Å². The Balaban J connectivity index is 1.46. The summed E-state index contributed by atoms with van der Waals surface area (Å²) in [4.78, 5) is 13.8. The standard InChI is InChI=1S/C21H24BrN3O5/c22-13-4-2-12(3-5-13)18(27)23-10-11-1-6-14-15(9-11)21(30)25(20(14)29)16-7-8-17(26)24-19(16)28/h1-6,9,16-17,19-21,24,26,28-30H,7-8,10H2,(H,23,27). The second-order valence-corrected chi connectivity index (χ2v) is 8.54. The van der Waals surface area contributed by atoms with Gasteiger partial charge in [0.15, 0.2) is 0 Å². The largest absolute Gasteiger partial charge is 0.379 e. The van der Waals surface area contributed by atoms with E-state index in [0.717, 1.165) is 10.0 Å². The molecule has 160 valence electrons. The van der Waals surface area contributed by atoms with E-state index in [2.05, 4.69) is 26.6 Å². The smallest absolute Gasteiger partial charge is 0.251 e. The molecule has 0 spiro atoms. The van der Waals surface area contributed by atoms with Crippen LogP contribution < -0.4 is 10.6 Å². The first-order chi connectivity index (χ1) is 14.3. The second-order valence-electron chi connectivity index (χ2n) is 7.62. The summed E-state index contributed by atoms with van der Waals surface area (Å²) >= 11 is 3.34. The molecule has 0 saturated carbocycles. The maximum atomic E-state index is 12.3. The molecule has 2 aromatic carbocycles. The molecule has 2 aliphatic rings. The Morgan fingerprint density at radius 1 is 1.03 bits per heavy atom. The van der Waals surface area contributed by atoms with Gasteiger partial charge in [-0.2, -0.15) is 0 Å². The molecular weight excluding hydrogens is 454 g/mol. The van der Waals surface area contributed by atoms with Crippen LogP contribution in [0.15, 0.2) is 46.9 Å². The average molecular weight is 478 g/mol. The molecule has 1 amide bonds. The van der Waals surface area contributed by atoms with Crippen molar-refractivity contribution in [1.29, 1.82) is 0 Å². The maximum Gasteiger partial charge on any atom is 0.251 e. The minimum absolute atomic E-state index is 0.208. The van der Waals surface area contributed by atoms with Gasteiger partial charge in [-0.05, 0) is 48.7 Å². The summed E-state index contributed by atoms with van der Waals surface area (Å²) in [5, 5.41) is 46.9. The summed E-state index contributed by atoms with van der Waals surface area (Å²) in [6.45, 7) is 0.269. The lowest BCUT2D eigenvalue weighted by molar-refractivity contribution is -0.159. The molecular formula is C21H24BrN3O5. The van der Waals surface area contributed by atoms with E-state index in [0.29, 0.717) is 29.5 Å². The molecule has 2 aliphatic heterocycles. The van der Waals surface area contributed by atoms with Gasteiger partial charge in [0.1, 0.15) is 24.9 Å². The number of nitrogens with one attached hydrogen (secondary N) is 2. The number of benzene rings is 2. The fourth-order valence-electron chi connectivity index (χ4n) is 4.09. The van der Waals surface area contributed by atoms with Crippen LogP contribution in [0.1, 0.15) is 52.3 Å². The maximum absolute atomic E-state index is 12.3. The normalized spacial score (nSPS) is 28.9. The quantitative estimate of drug-likeness (QED) is 0.388. The summed E-state index contributed by atoms with van der Waals surface area (Å²) in [5.41, 5.74) is 2.42. The van der Waals surface area contributed by atoms with Gasteiger partial charge >= 0.3 is 0 Å². The van der Waals surface area contributed by atoms with E-state index >= 15 is 0 Å². The van der Waals surface area contributed by atoms with E-state index in [1.165, 1.54) is 4.90 Å². The summed E-state index contributed by atoms with van der Waals surface area (Å²) in [6, 6.07) is 11.8. The molecule has 2 aromatic rings. The Bertz CT molecular complexity index is 925. The molecule has 0 aromatic heterocycles. The van der Waals surface area contributed by atoms with Crippen LogP contribution in [0.5, 0.6) is 0 Å². The van der Waals surface area contributed by atoms with Gasteiger partial charge in [-0.15, -0.1) is 0 Å². The third-order valence-electron chi connectivity index (χ3n) is 5.68. The Labute approximate surface area is 182 Å². The van der Waals surface area contributed by atoms with Crippen molar-refractivity contribution >= 4 is 21.8 Å². The number of piperidine rings is 1. The van der Waals surface area contributed by atoms with Gasteiger partial charge in [-0.1, -0.05) is 28.1 Å². The fourth-order valence-corrected chi connectivity index (χ4v) is 4.35. The highest BCUT2D eigenvalue weighted by Gasteiger charge is 2.44. The molecule has 6 N–H and O–H groups in total. The van der Waals surface area contributed by atoms with Gasteiger partial charge in [0, 0.05) is 27.7 Å². The van der Waals surface area contributed by atoms with Crippen molar-refractivity contribution in [3.05, 3.63) is 69.2 Å². The average Bonchev–Trinajstić information content (AvgIpc) is 2.97. The number of amides is 1. The first kappa shape index (κ1) is 21.4. The van der Waals surface area contributed by atoms with Crippen LogP contribution in [0.2, 0.25) is 0 Å². The molecule has 5 atom stereocenters. The van der Waals surface area contributed by atoms with Crippen molar-refractivity contribution in [3.63, 3.8) is 0 Å². The fraction of sp³-hybridized carbons (Fsp3) is 0.381. The number of aliphatic hydroxyl groups is 4. The predicted octanol–water partition coefficient (Wildman–Crippen LogP) is 1.07. The van der Waals surface area contributed by atoms with Crippen LogP contribution in [0, 0.1) is 0 Å². The van der Waals surface area contributed by atoms with E-state index in [1.807, 2.05) is 0 Å². The summed E-state index contributed by atoms with van der Waals surface area (Å²) in [5.74, 6) is -0.208. The van der Waals surface area contributed by atoms with Crippen LogP contribution in [0.25, 0.3) is 0 Å². The molecule has 0 bridgehead atoms. The van der Waals surface area contributed by atoms with Crippen molar-refractivity contribution in [1.82, 2.24) is 15.5 Å². The van der Waals surface area contributed by atoms with E-state index in [-0.39, 0.29) is 12.5 Å². The van der Waals surface area contributed by atoms with Gasteiger partial charge < -0.3 is 25.7 Å². The number of carbonyl (C=O) groups is 1. The van der Waals surface area contributed by atoms with E-state index in [4.69, 9.17) is 0 Å². The Morgan fingerprint density at radius 3 is 2.43 bits per heavy atom. The van der Waals surface area contributed by atoms with Crippen molar-refractivity contribution < 1.29 is 25.2 Å². The number of hydrogen-bond donors (Lipinski definition) is 6. The molecule has 5 unspecified atom stereocenters. The lowest BCUT2D eigenvalue weighted by Crippen LogP contribution is -2.57. The molecule has 2 heterocycles. The highest BCUT2D eigenvalue weighted by atomic mass is 79.9. The molecule has 0 radical (unpaired) electrons. The third-order valence-corrected chi connectivity index (χ3v) is 6.21. The molecule has 30 heavy (non-hydrogen) atoms. The number of fused-ring (bicyclic) bond motifs is 1. The number of aliphatic hydroxyl groups excluding tert-OH is 4. The van der Waals surface area contributed by atoms with Gasteiger partial charge in [-0.25, -0.2) is 4.90 Å². The highest BCUT2D eigenvalue weighted by molar-refractivity contribution is 9.10. The molecule has 1 fully saturated rings. The van der Waals surface area contributed by atoms with Crippen molar-refractivity contribution in [2.24, 2.45) is 0 Å². The summed E-state index contributed by atoms with van der Waals surface area (Å²) in [6.07, 6.45) is -3.23. The second kappa shape index (κ2) is 8.72. The van der Waals surface area contributed by atoms with Crippen molar-refractivity contribution in [2.45, 2.75) is 50.3 Å². The zero-order valence-electron chi connectivity index (χ0n) is 16.1. The first-order valence-electron chi connectivity index (χ1n) is 9.77. The zero-order valence-corrected chi connectivity index (χ0v) is 17.7. The van der Waals surface area contributed by atoms with Crippen molar-refractivity contribution in [3.8, 4) is 0 Å². The molecule has 9 heteroatoms. The number of nitrogens with zero attached hydrogens (tertiary/aromatic N) is 1. The van der Waals surface area contributed by atoms with Crippen LogP contribution >= 0.6 is 15.9 Å². The van der Waals surface area contributed by atoms with E-state index in [9.17, 15) is 25.2 Å². The van der Waals surface area contributed by atoms with E-state index in [1.54, 1.807) is 42.5 Å². The Kier molecular flexibility index (Phi) is 6.21. The van der Waals surface area contributed by atoms with Crippen molar-refractivity contribution in [2.75, 3.05) is 0 Å². The van der Waals surface area contributed by atoms with Crippen LogP contribution in [-0.4, -0.2) is 49.7 Å². The van der Waals surface area contributed by atoms with Crippen LogP contribution in [0.4, 0.5) is 0 Å². The van der Waals surface area contributed by atoms with Crippen LogP contribution in [-0.2, 0) is 6.54 Å². The first-order valence-corrected chi connectivity index (χ1v) is 10.6. The zero-order chi connectivity index (χ0) is 21.4. The van der Waals surface area contributed by atoms with Crippen LogP contribution in [0.3, 0.4) is 0 Å². The lowest BCUT2D eigenvalue weighted by atomic mass is 10.0. The summed E-state index contributed by atoms with van der Waals surface area (Å²) < 4.78 is 0.891. The predicted molar refractivity (Wildman–Crippen MR) is 112 cm³/mol. The van der Waals surface area contributed by atoms with Gasteiger partial charge in [0.05, 0.1) is 6.04 Å². The number of halogens is 1. The highest BCUT2D eigenvalue weighted by Crippen LogP contribution is 2.42. The number of carbonyl (C=O) groups excluding carboxylic acids is 1.